The van der Waals surface area contributed by atoms with Crippen molar-refractivity contribution in [1.29, 1.82) is 0 Å². The molecule has 0 saturated heterocycles. The first kappa shape index (κ1) is 13.4. The van der Waals surface area contributed by atoms with Gasteiger partial charge < -0.3 is 15.6 Å². The molecule has 0 aliphatic carbocycles. The highest BCUT2D eigenvalue weighted by atomic mass is 16.1. The Labute approximate surface area is 122 Å². The molecule has 21 heavy (non-hydrogen) atoms. The molecule has 1 amide bonds. The summed E-state index contributed by atoms with van der Waals surface area (Å²) < 4.78 is 0. The summed E-state index contributed by atoms with van der Waals surface area (Å²) in [6.45, 7) is 5.00. The summed E-state index contributed by atoms with van der Waals surface area (Å²) in [5, 5.41) is 0.984. The van der Waals surface area contributed by atoms with Crippen LogP contribution >= 0.6 is 0 Å². The molecule has 0 atom stereocenters. The molecule has 3 aromatic rings. The number of anilines is 1. The molecular formula is C15H17N5O. The molecule has 6 nitrogen and oxygen atoms in total. The molecule has 3 N–H and O–H groups in total. The maximum absolute atomic E-state index is 10.9. The lowest BCUT2D eigenvalue weighted by atomic mass is 10.1. The Kier molecular flexibility index (Phi) is 3.21. The quantitative estimate of drug-likeness (QED) is 0.717. The monoisotopic (exact) mass is 283 g/mol. The van der Waals surface area contributed by atoms with Crippen molar-refractivity contribution in [2.75, 3.05) is 12.3 Å². The number of aromatic amines is 1. The fourth-order valence-corrected chi connectivity index (χ4v) is 2.42. The second kappa shape index (κ2) is 5.05. The summed E-state index contributed by atoms with van der Waals surface area (Å²) in [5.74, 6) is 1.11. The average Bonchev–Trinajstić information content (AvgIpc) is 2.89. The predicted molar refractivity (Wildman–Crippen MR) is 82.7 cm³/mol. The number of nitrogens with zero attached hydrogens (tertiary/aromatic N) is 3. The van der Waals surface area contributed by atoms with Crippen molar-refractivity contribution in [1.82, 2.24) is 19.9 Å². The number of aromatic nitrogens is 3. The Morgan fingerprint density at radius 1 is 1.38 bits per heavy atom. The minimum Gasteiger partial charge on any atom is -0.382 e. The fraction of sp³-hybridized carbons (Fsp3) is 0.267. The van der Waals surface area contributed by atoms with Crippen LogP contribution in [0.25, 0.3) is 21.9 Å². The summed E-state index contributed by atoms with van der Waals surface area (Å²) in [7, 11) is 0. The van der Waals surface area contributed by atoms with Crippen LogP contribution in [0.2, 0.25) is 0 Å². The van der Waals surface area contributed by atoms with Crippen LogP contribution < -0.4 is 5.73 Å². The minimum absolute atomic E-state index is 0.403. The lowest BCUT2D eigenvalue weighted by molar-refractivity contribution is -0.118. The van der Waals surface area contributed by atoms with Gasteiger partial charge in [-0.05, 0) is 25.5 Å². The molecule has 0 saturated carbocycles. The number of benzene rings is 1. The molecule has 1 aromatic carbocycles. The van der Waals surface area contributed by atoms with Crippen molar-refractivity contribution in [3.8, 4) is 0 Å². The molecule has 0 aliphatic rings. The molecule has 6 heteroatoms. The maximum Gasteiger partial charge on any atom is 0.210 e. The largest absolute Gasteiger partial charge is 0.382 e. The van der Waals surface area contributed by atoms with Crippen LogP contribution in [0.5, 0.6) is 0 Å². The normalized spacial score (nSPS) is 11.1. The van der Waals surface area contributed by atoms with E-state index < -0.39 is 0 Å². The van der Waals surface area contributed by atoms with E-state index >= 15 is 0 Å². The number of hydrogen-bond donors (Lipinski definition) is 2. The van der Waals surface area contributed by atoms with Crippen LogP contribution in [0.1, 0.15) is 18.3 Å². The number of amides is 1. The first-order chi connectivity index (χ1) is 10.1. The standard InChI is InChI=1S/C15H17N5O/c1-3-20(8-21)7-12-18-13-10-5-4-9(2)6-11(10)17-15(16)14(13)19-12/h4-6,8H,3,7H2,1-2H3,(H2,16,17)(H,18,19). The lowest BCUT2D eigenvalue weighted by Gasteiger charge is -2.11. The third-order valence-corrected chi connectivity index (χ3v) is 3.57. The molecular weight excluding hydrogens is 266 g/mol. The third kappa shape index (κ3) is 2.29. The van der Waals surface area contributed by atoms with Gasteiger partial charge in [0.25, 0.3) is 0 Å². The van der Waals surface area contributed by atoms with Crippen molar-refractivity contribution in [2.45, 2.75) is 20.4 Å². The van der Waals surface area contributed by atoms with E-state index in [2.05, 4.69) is 15.0 Å². The van der Waals surface area contributed by atoms with E-state index in [0.29, 0.717) is 30.2 Å². The van der Waals surface area contributed by atoms with Crippen LogP contribution in [-0.2, 0) is 11.3 Å². The molecule has 0 spiro atoms. The van der Waals surface area contributed by atoms with Gasteiger partial charge in [0.15, 0.2) is 5.82 Å². The first-order valence-electron chi connectivity index (χ1n) is 6.86. The number of carbonyl (C=O) groups is 1. The summed E-state index contributed by atoms with van der Waals surface area (Å²) in [6.07, 6.45) is 0.816. The van der Waals surface area contributed by atoms with Gasteiger partial charge in [0.2, 0.25) is 6.41 Å². The van der Waals surface area contributed by atoms with E-state index in [1.54, 1.807) is 4.90 Å². The summed E-state index contributed by atoms with van der Waals surface area (Å²) in [5.41, 5.74) is 9.51. The lowest BCUT2D eigenvalue weighted by Crippen LogP contribution is -2.21. The van der Waals surface area contributed by atoms with E-state index in [9.17, 15) is 4.79 Å². The summed E-state index contributed by atoms with van der Waals surface area (Å²) >= 11 is 0. The fourth-order valence-electron chi connectivity index (χ4n) is 2.42. The minimum atomic E-state index is 0.403. The molecule has 0 aliphatic heterocycles. The van der Waals surface area contributed by atoms with Crippen LogP contribution in [0.15, 0.2) is 18.2 Å². The topological polar surface area (TPSA) is 87.9 Å². The van der Waals surface area contributed by atoms with Gasteiger partial charge in [0.1, 0.15) is 11.3 Å². The number of nitrogen functional groups attached to an aromatic ring is 1. The molecule has 2 aromatic heterocycles. The first-order valence-corrected chi connectivity index (χ1v) is 6.86. The number of aryl methyl sites for hydroxylation is 1. The number of carbonyl (C=O) groups excluding carboxylic acids is 1. The summed E-state index contributed by atoms with van der Waals surface area (Å²) in [6, 6.07) is 6.04. The average molecular weight is 283 g/mol. The van der Waals surface area contributed by atoms with Gasteiger partial charge in [-0.3, -0.25) is 4.79 Å². The Bertz CT molecular complexity index is 824. The Morgan fingerprint density at radius 3 is 2.90 bits per heavy atom. The molecule has 0 bridgehead atoms. The molecule has 108 valence electrons. The van der Waals surface area contributed by atoms with Gasteiger partial charge in [-0.2, -0.15) is 0 Å². The van der Waals surface area contributed by atoms with Crippen molar-refractivity contribution in [2.24, 2.45) is 0 Å². The number of pyridine rings is 1. The van der Waals surface area contributed by atoms with E-state index in [-0.39, 0.29) is 0 Å². The van der Waals surface area contributed by atoms with E-state index in [0.717, 1.165) is 28.4 Å². The smallest absolute Gasteiger partial charge is 0.210 e. The van der Waals surface area contributed by atoms with E-state index in [4.69, 9.17) is 5.73 Å². The molecule has 2 heterocycles. The number of H-pyrrole nitrogens is 1. The molecule has 0 radical (unpaired) electrons. The SMILES string of the molecule is CCN(C=O)Cc1nc2c(N)nc3cc(C)ccc3c2[nH]1. The van der Waals surface area contributed by atoms with E-state index in [1.807, 2.05) is 32.0 Å². The number of rotatable bonds is 4. The maximum atomic E-state index is 10.9. The van der Waals surface area contributed by atoms with Gasteiger partial charge in [0.05, 0.1) is 17.6 Å². The Morgan fingerprint density at radius 2 is 2.19 bits per heavy atom. The van der Waals surface area contributed by atoms with Gasteiger partial charge in [-0.25, -0.2) is 9.97 Å². The third-order valence-electron chi connectivity index (χ3n) is 3.57. The van der Waals surface area contributed by atoms with Crippen LogP contribution in [0.4, 0.5) is 5.82 Å². The molecule has 0 unspecified atom stereocenters. The van der Waals surface area contributed by atoms with Crippen LogP contribution in [0, 0.1) is 6.92 Å². The highest BCUT2D eigenvalue weighted by Gasteiger charge is 2.13. The van der Waals surface area contributed by atoms with Crippen LogP contribution in [0.3, 0.4) is 0 Å². The zero-order chi connectivity index (χ0) is 15.0. The Hall–Kier alpha value is -2.63. The second-order valence-electron chi connectivity index (χ2n) is 5.09. The molecule has 0 fully saturated rings. The van der Waals surface area contributed by atoms with Crippen molar-refractivity contribution in [3.63, 3.8) is 0 Å². The number of fused-ring (bicyclic) bond motifs is 3. The summed E-state index contributed by atoms with van der Waals surface area (Å²) in [4.78, 5) is 24.7. The Balaban J connectivity index is 2.18. The zero-order valence-electron chi connectivity index (χ0n) is 12.1. The predicted octanol–water partition coefficient (Wildman–Crippen LogP) is 1.98. The van der Waals surface area contributed by atoms with Crippen molar-refractivity contribution in [3.05, 3.63) is 29.6 Å². The number of nitrogens with two attached hydrogens (primary N) is 1. The van der Waals surface area contributed by atoms with Crippen LogP contribution in [-0.4, -0.2) is 32.8 Å². The number of nitrogens with one attached hydrogen (secondary N) is 1. The molecule has 3 rings (SSSR count). The number of imidazole rings is 1. The highest BCUT2D eigenvalue weighted by molar-refractivity contribution is 6.06. The van der Waals surface area contributed by atoms with Gasteiger partial charge >= 0.3 is 0 Å². The highest BCUT2D eigenvalue weighted by Crippen LogP contribution is 2.26. The zero-order valence-corrected chi connectivity index (χ0v) is 12.1. The van der Waals surface area contributed by atoms with Crippen molar-refractivity contribution < 1.29 is 4.79 Å². The van der Waals surface area contributed by atoms with Gasteiger partial charge in [-0.1, -0.05) is 12.1 Å². The second-order valence-corrected chi connectivity index (χ2v) is 5.09. The van der Waals surface area contributed by atoms with Gasteiger partial charge in [0, 0.05) is 11.9 Å². The van der Waals surface area contributed by atoms with Gasteiger partial charge in [-0.15, -0.1) is 0 Å². The van der Waals surface area contributed by atoms with Crippen molar-refractivity contribution >= 4 is 34.2 Å². The van der Waals surface area contributed by atoms with E-state index in [1.165, 1.54) is 0 Å². The number of hydrogen-bond acceptors (Lipinski definition) is 4.